The smallest absolute Gasteiger partial charge is 0.251 e. The second kappa shape index (κ2) is 5.46. The molecule has 5 nitrogen and oxygen atoms in total. The van der Waals surface area contributed by atoms with E-state index in [0.717, 1.165) is 29.3 Å². The third-order valence-electron chi connectivity index (χ3n) is 6.09. The lowest BCUT2D eigenvalue weighted by Crippen LogP contribution is -2.50. The summed E-state index contributed by atoms with van der Waals surface area (Å²) in [5.41, 5.74) is 0.856. The summed E-state index contributed by atoms with van der Waals surface area (Å²) in [6.45, 7) is 2.04. The zero-order valence-electron chi connectivity index (χ0n) is 13.7. The fourth-order valence-corrected chi connectivity index (χ4v) is 5.65. The Hall–Kier alpha value is -1.65. The first-order valence-corrected chi connectivity index (χ1v) is 8.87. The summed E-state index contributed by atoms with van der Waals surface area (Å²) in [6.07, 6.45) is 8.33. The van der Waals surface area contributed by atoms with Crippen LogP contribution in [0.4, 0.5) is 0 Å². The van der Waals surface area contributed by atoms with Gasteiger partial charge in [0.1, 0.15) is 5.82 Å². The van der Waals surface area contributed by atoms with Crippen LogP contribution in [-0.2, 0) is 16.6 Å². The van der Waals surface area contributed by atoms with Crippen LogP contribution in [-0.4, -0.2) is 22.4 Å². The molecular formula is C18H25N3O2. The van der Waals surface area contributed by atoms with E-state index in [2.05, 4.69) is 10.3 Å². The van der Waals surface area contributed by atoms with E-state index >= 15 is 0 Å². The first-order valence-electron chi connectivity index (χ1n) is 8.87. The molecule has 4 saturated carbocycles. The molecular weight excluding hydrogens is 290 g/mol. The summed E-state index contributed by atoms with van der Waals surface area (Å²) in [6, 6.07) is 1.58. The average molecular weight is 315 g/mol. The van der Waals surface area contributed by atoms with Gasteiger partial charge in [-0.25, -0.2) is 4.98 Å². The molecule has 0 radical (unpaired) electrons. The highest BCUT2D eigenvalue weighted by molar-refractivity contribution is 5.72. The van der Waals surface area contributed by atoms with E-state index in [4.69, 9.17) is 4.98 Å². The zero-order chi connectivity index (χ0) is 16.0. The van der Waals surface area contributed by atoms with Crippen molar-refractivity contribution >= 4 is 5.91 Å². The van der Waals surface area contributed by atoms with Gasteiger partial charge in [-0.2, -0.15) is 0 Å². The third-order valence-corrected chi connectivity index (χ3v) is 6.09. The fourth-order valence-electron chi connectivity index (χ4n) is 5.65. The van der Waals surface area contributed by atoms with E-state index in [1.807, 2.05) is 0 Å². The molecule has 1 aromatic heterocycles. The van der Waals surface area contributed by atoms with Gasteiger partial charge in [0.15, 0.2) is 0 Å². The number of nitrogens with zero attached hydrogens (tertiary/aromatic N) is 1. The minimum absolute atomic E-state index is 0.0452. The van der Waals surface area contributed by atoms with Crippen LogP contribution < -0.4 is 10.9 Å². The second-order valence-electron chi connectivity index (χ2n) is 8.02. The summed E-state index contributed by atoms with van der Waals surface area (Å²) in [4.78, 5) is 31.0. The highest BCUT2D eigenvalue weighted by atomic mass is 16.1. The van der Waals surface area contributed by atoms with E-state index in [0.29, 0.717) is 13.0 Å². The van der Waals surface area contributed by atoms with Gasteiger partial charge < -0.3 is 10.3 Å². The summed E-state index contributed by atoms with van der Waals surface area (Å²) >= 11 is 0. The Morgan fingerprint density at radius 1 is 1.26 bits per heavy atom. The zero-order valence-corrected chi connectivity index (χ0v) is 13.7. The van der Waals surface area contributed by atoms with Crippen molar-refractivity contribution in [2.24, 2.45) is 17.8 Å². The Morgan fingerprint density at radius 3 is 2.43 bits per heavy atom. The molecule has 2 N–H and O–H groups in total. The number of hydrogen-bond acceptors (Lipinski definition) is 3. The summed E-state index contributed by atoms with van der Waals surface area (Å²) in [5.74, 6) is 3.36. The molecule has 0 atom stereocenters. The number of carbonyl (C=O) groups is 1. The molecule has 1 aromatic rings. The Balaban J connectivity index is 1.60. The minimum Gasteiger partial charge on any atom is -0.356 e. The lowest BCUT2D eigenvalue weighted by atomic mass is 9.49. The van der Waals surface area contributed by atoms with Crippen LogP contribution in [0.5, 0.6) is 0 Å². The minimum atomic E-state index is -0.0522. The quantitative estimate of drug-likeness (QED) is 0.891. The van der Waals surface area contributed by atoms with Gasteiger partial charge in [-0.3, -0.25) is 9.59 Å². The van der Waals surface area contributed by atoms with Crippen LogP contribution in [0.2, 0.25) is 0 Å². The van der Waals surface area contributed by atoms with E-state index in [-0.39, 0.29) is 16.9 Å². The van der Waals surface area contributed by atoms with E-state index in [1.165, 1.54) is 45.4 Å². The Labute approximate surface area is 136 Å². The molecule has 23 heavy (non-hydrogen) atoms. The molecule has 4 aliphatic carbocycles. The molecule has 0 saturated heterocycles. The number of rotatable bonds is 4. The molecule has 0 spiro atoms. The van der Waals surface area contributed by atoms with Gasteiger partial charge in [0.2, 0.25) is 5.91 Å². The number of amides is 1. The van der Waals surface area contributed by atoms with Crippen molar-refractivity contribution in [1.82, 2.24) is 15.3 Å². The number of carbonyl (C=O) groups excluding carboxylic acids is 1. The molecule has 5 rings (SSSR count). The number of aromatic nitrogens is 2. The topological polar surface area (TPSA) is 74.8 Å². The summed E-state index contributed by atoms with van der Waals surface area (Å²) < 4.78 is 0. The van der Waals surface area contributed by atoms with E-state index in [1.54, 1.807) is 6.07 Å². The number of aromatic amines is 1. The standard InChI is InChI=1S/C18H25N3O2/c1-11(22)19-3-2-15-7-16(23)21-17(20-15)18-8-12-4-13(9-18)6-14(5-12)10-18/h7,12-14H,2-6,8-10H2,1H3,(H,19,22)(H,20,21,23). The average Bonchev–Trinajstić information content (AvgIpc) is 2.45. The third kappa shape index (κ3) is 2.81. The van der Waals surface area contributed by atoms with Crippen molar-refractivity contribution in [3.63, 3.8) is 0 Å². The molecule has 0 aromatic carbocycles. The van der Waals surface area contributed by atoms with Crippen molar-refractivity contribution < 1.29 is 4.79 Å². The summed E-state index contributed by atoms with van der Waals surface area (Å²) in [7, 11) is 0. The highest BCUT2D eigenvalue weighted by Crippen LogP contribution is 2.59. The van der Waals surface area contributed by atoms with Crippen molar-refractivity contribution in [3.05, 3.63) is 27.9 Å². The van der Waals surface area contributed by atoms with Gasteiger partial charge in [0.05, 0.1) is 0 Å². The van der Waals surface area contributed by atoms with Gasteiger partial charge in [-0.1, -0.05) is 0 Å². The predicted molar refractivity (Wildman–Crippen MR) is 87.1 cm³/mol. The second-order valence-corrected chi connectivity index (χ2v) is 8.02. The van der Waals surface area contributed by atoms with Gasteiger partial charge >= 0.3 is 0 Å². The fraction of sp³-hybridized carbons (Fsp3) is 0.722. The van der Waals surface area contributed by atoms with Crippen LogP contribution in [0.15, 0.2) is 10.9 Å². The number of nitrogens with one attached hydrogen (secondary N) is 2. The summed E-state index contributed by atoms with van der Waals surface area (Å²) in [5, 5.41) is 2.78. The van der Waals surface area contributed by atoms with Gasteiger partial charge in [-0.15, -0.1) is 0 Å². The van der Waals surface area contributed by atoms with Crippen molar-refractivity contribution in [2.45, 2.75) is 57.3 Å². The van der Waals surface area contributed by atoms with Crippen molar-refractivity contribution in [1.29, 1.82) is 0 Å². The number of hydrogen-bond donors (Lipinski definition) is 2. The monoisotopic (exact) mass is 315 g/mol. The first kappa shape index (κ1) is 14.9. The highest BCUT2D eigenvalue weighted by Gasteiger charge is 2.52. The van der Waals surface area contributed by atoms with Gasteiger partial charge in [-0.05, 0) is 56.3 Å². The van der Waals surface area contributed by atoms with Crippen LogP contribution in [0.1, 0.15) is 57.0 Å². The van der Waals surface area contributed by atoms with Crippen LogP contribution in [0.25, 0.3) is 0 Å². The maximum atomic E-state index is 12.1. The SMILES string of the molecule is CC(=O)NCCc1cc(=O)[nH]c(C23CC4CC(CC(C4)C2)C3)n1. The van der Waals surface area contributed by atoms with Crippen LogP contribution >= 0.6 is 0 Å². The molecule has 4 aliphatic rings. The normalized spacial score (nSPS) is 34.6. The lowest BCUT2D eigenvalue weighted by Gasteiger charge is -2.56. The largest absolute Gasteiger partial charge is 0.356 e. The van der Waals surface area contributed by atoms with Crippen molar-refractivity contribution in [3.8, 4) is 0 Å². The Kier molecular flexibility index (Phi) is 3.54. The predicted octanol–water partition coefficient (Wildman–Crippen LogP) is 1.92. The van der Waals surface area contributed by atoms with E-state index < -0.39 is 0 Å². The number of H-pyrrole nitrogens is 1. The maximum absolute atomic E-state index is 12.1. The molecule has 0 aliphatic heterocycles. The van der Waals surface area contributed by atoms with Gasteiger partial charge in [0.25, 0.3) is 5.56 Å². The first-order chi connectivity index (χ1) is 11.0. The van der Waals surface area contributed by atoms with Crippen LogP contribution in [0, 0.1) is 17.8 Å². The van der Waals surface area contributed by atoms with Gasteiger partial charge in [0, 0.05) is 37.1 Å². The molecule has 1 heterocycles. The molecule has 0 unspecified atom stereocenters. The molecule has 124 valence electrons. The van der Waals surface area contributed by atoms with Crippen LogP contribution in [0.3, 0.4) is 0 Å². The Bertz CT molecular complexity index is 644. The molecule has 4 fully saturated rings. The Morgan fingerprint density at radius 2 is 1.87 bits per heavy atom. The lowest BCUT2D eigenvalue weighted by molar-refractivity contribution is -0.118. The molecule has 1 amide bonds. The molecule has 4 bridgehead atoms. The molecule has 5 heteroatoms. The van der Waals surface area contributed by atoms with Crippen molar-refractivity contribution in [2.75, 3.05) is 6.54 Å². The van der Waals surface area contributed by atoms with E-state index in [9.17, 15) is 9.59 Å². The maximum Gasteiger partial charge on any atom is 0.251 e.